The third-order valence-electron chi connectivity index (χ3n) is 6.02. The van der Waals surface area contributed by atoms with Crippen LogP contribution in [0, 0.1) is 11.7 Å². The number of rotatable bonds is 5. The minimum absolute atomic E-state index is 0.115. The molecule has 2 aliphatic rings. The van der Waals surface area contributed by atoms with Crippen LogP contribution in [-0.4, -0.2) is 43.6 Å². The van der Waals surface area contributed by atoms with Gasteiger partial charge < -0.3 is 9.47 Å². The van der Waals surface area contributed by atoms with E-state index in [4.69, 9.17) is 12.2 Å². The number of H-pyrrole nitrogens is 1. The van der Waals surface area contributed by atoms with Crippen molar-refractivity contribution in [2.24, 2.45) is 0 Å². The van der Waals surface area contributed by atoms with Crippen molar-refractivity contribution < 1.29 is 4.79 Å². The van der Waals surface area contributed by atoms with E-state index in [9.17, 15) is 4.79 Å². The molecular weight excluding hydrogens is 414 g/mol. The number of hydrogen-bond donors (Lipinski definition) is 1. The number of aromatic amines is 1. The molecule has 1 saturated carbocycles. The van der Waals surface area contributed by atoms with Crippen molar-refractivity contribution in [1.82, 2.24) is 24.6 Å². The van der Waals surface area contributed by atoms with E-state index in [0.717, 1.165) is 58.5 Å². The van der Waals surface area contributed by atoms with Gasteiger partial charge >= 0.3 is 0 Å². The Hall–Kier alpha value is -2.32. The van der Waals surface area contributed by atoms with Gasteiger partial charge in [0.1, 0.15) is 10.7 Å². The van der Waals surface area contributed by atoms with Crippen LogP contribution in [0.4, 0.5) is 0 Å². The second-order valence-corrected chi connectivity index (χ2v) is 9.71. The maximum absolute atomic E-state index is 13.2. The van der Waals surface area contributed by atoms with Gasteiger partial charge in [0.2, 0.25) is 0 Å². The summed E-state index contributed by atoms with van der Waals surface area (Å²) in [5, 5.41) is 8.49. The summed E-state index contributed by atoms with van der Waals surface area (Å²) < 4.78 is 2.94. The van der Waals surface area contributed by atoms with Crippen LogP contribution in [0.1, 0.15) is 69.4 Å². The number of carbonyl (C=O) groups is 1. The molecule has 5 rings (SSSR count). The molecule has 0 unspecified atom stereocenters. The molecule has 3 aromatic rings. The molecule has 0 atom stereocenters. The summed E-state index contributed by atoms with van der Waals surface area (Å²) in [7, 11) is 0. The number of piperidine rings is 1. The number of amides is 1. The van der Waals surface area contributed by atoms with Gasteiger partial charge in [-0.3, -0.25) is 9.89 Å². The molecule has 0 radical (unpaired) electrons. The standard InChI is InChI=1S/C22H25N5OS2/c1-14-19(30-18(23-14)13-15-5-3-2-4-6-15)21(28)26-11-9-16(10-12-26)20-24-25-22(29)27(20)17-7-8-17/h2-6,16-17H,7-13H2,1H3,(H,25,29). The van der Waals surface area contributed by atoms with Crippen molar-refractivity contribution >= 4 is 29.5 Å². The average molecular weight is 440 g/mol. The number of thiazole rings is 1. The predicted molar refractivity (Wildman–Crippen MR) is 120 cm³/mol. The number of benzene rings is 1. The maximum Gasteiger partial charge on any atom is 0.265 e. The monoisotopic (exact) mass is 439 g/mol. The lowest BCUT2D eigenvalue weighted by Crippen LogP contribution is -2.38. The fourth-order valence-electron chi connectivity index (χ4n) is 4.27. The molecule has 1 aliphatic heterocycles. The van der Waals surface area contributed by atoms with Gasteiger partial charge in [0, 0.05) is 31.5 Å². The van der Waals surface area contributed by atoms with Crippen LogP contribution in [0.25, 0.3) is 0 Å². The SMILES string of the molecule is Cc1nc(Cc2ccccc2)sc1C(=O)N1CCC(c2n[nH]c(=S)n2C2CC2)CC1. The number of nitrogens with zero attached hydrogens (tertiary/aromatic N) is 4. The lowest BCUT2D eigenvalue weighted by atomic mass is 9.95. The zero-order valence-electron chi connectivity index (χ0n) is 17.0. The average Bonchev–Trinajstić information content (AvgIpc) is 3.43. The van der Waals surface area contributed by atoms with Crippen LogP contribution < -0.4 is 0 Å². The van der Waals surface area contributed by atoms with Gasteiger partial charge in [-0.25, -0.2) is 4.98 Å². The van der Waals surface area contributed by atoms with Crippen LogP contribution >= 0.6 is 23.6 Å². The van der Waals surface area contributed by atoms with Crippen molar-refractivity contribution in [1.29, 1.82) is 0 Å². The summed E-state index contributed by atoms with van der Waals surface area (Å²) in [4.78, 5) is 20.6. The molecule has 156 valence electrons. The number of hydrogen-bond acceptors (Lipinski definition) is 5. The fourth-order valence-corrected chi connectivity index (χ4v) is 5.63. The number of nitrogens with one attached hydrogen (secondary N) is 1. The summed E-state index contributed by atoms with van der Waals surface area (Å²) in [6.07, 6.45) is 4.99. The number of aryl methyl sites for hydroxylation is 1. The Balaban J connectivity index is 1.26. The second-order valence-electron chi connectivity index (χ2n) is 8.24. The zero-order valence-corrected chi connectivity index (χ0v) is 18.6. The maximum atomic E-state index is 13.2. The molecule has 0 bridgehead atoms. The van der Waals surface area contributed by atoms with E-state index < -0.39 is 0 Å². The van der Waals surface area contributed by atoms with Crippen LogP contribution in [0.2, 0.25) is 0 Å². The molecule has 30 heavy (non-hydrogen) atoms. The molecule has 6 nitrogen and oxygen atoms in total. The largest absolute Gasteiger partial charge is 0.338 e. The van der Waals surface area contributed by atoms with Crippen molar-refractivity contribution in [2.75, 3.05) is 13.1 Å². The Bertz CT molecular complexity index is 1100. The Morgan fingerprint density at radius 2 is 1.93 bits per heavy atom. The van der Waals surface area contributed by atoms with Gasteiger partial charge in [0.05, 0.1) is 10.7 Å². The van der Waals surface area contributed by atoms with E-state index in [2.05, 4.69) is 31.9 Å². The number of aromatic nitrogens is 4. The van der Waals surface area contributed by atoms with E-state index in [1.54, 1.807) is 0 Å². The molecule has 3 heterocycles. The Kier molecular flexibility index (Phi) is 5.28. The van der Waals surface area contributed by atoms with Gasteiger partial charge in [-0.05, 0) is 50.4 Å². The smallest absolute Gasteiger partial charge is 0.265 e. The molecule has 1 saturated heterocycles. The minimum Gasteiger partial charge on any atom is -0.338 e. The van der Waals surface area contributed by atoms with Gasteiger partial charge in [-0.15, -0.1) is 11.3 Å². The summed E-state index contributed by atoms with van der Waals surface area (Å²) >= 11 is 6.96. The van der Waals surface area contributed by atoms with E-state index in [-0.39, 0.29) is 5.91 Å². The molecule has 1 aromatic carbocycles. The van der Waals surface area contributed by atoms with E-state index in [0.29, 0.717) is 12.0 Å². The third-order valence-corrected chi connectivity index (χ3v) is 7.46. The van der Waals surface area contributed by atoms with E-state index in [1.165, 1.54) is 29.7 Å². The highest BCUT2D eigenvalue weighted by atomic mass is 32.1. The van der Waals surface area contributed by atoms with E-state index in [1.807, 2.05) is 30.0 Å². The number of likely N-dealkylation sites (tertiary alicyclic amines) is 1. The van der Waals surface area contributed by atoms with Crippen molar-refractivity contribution in [2.45, 2.75) is 51.0 Å². The molecule has 2 fully saturated rings. The lowest BCUT2D eigenvalue weighted by Gasteiger charge is -2.31. The van der Waals surface area contributed by atoms with Crippen molar-refractivity contribution in [3.05, 3.63) is 62.1 Å². The summed E-state index contributed by atoms with van der Waals surface area (Å²) in [5.41, 5.74) is 2.06. The molecule has 1 aliphatic carbocycles. The highest BCUT2D eigenvalue weighted by Crippen LogP contribution is 2.39. The van der Waals surface area contributed by atoms with Crippen LogP contribution in [0.3, 0.4) is 0 Å². The third kappa shape index (κ3) is 3.86. The van der Waals surface area contributed by atoms with Crippen molar-refractivity contribution in [3.8, 4) is 0 Å². The Labute approximate surface area is 185 Å². The second kappa shape index (κ2) is 8.07. The molecular formula is C22H25N5OS2. The first-order valence-electron chi connectivity index (χ1n) is 10.6. The first kappa shape index (κ1) is 19.6. The fraction of sp³-hybridized carbons (Fsp3) is 0.455. The minimum atomic E-state index is 0.115. The Morgan fingerprint density at radius 1 is 1.20 bits per heavy atom. The normalized spacial score (nSPS) is 17.4. The lowest BCUT2D eigenvalue weighted by molar-refractivity contribution is 0.0714. The highest BCUT2D eigenvalue weighted by Gasteiger charge is 2.33. The van der Waals surface area contributed by atoms with Gasteiger partial charge in [-0.2, -0.15) is 5.10 Å². The van der Waals surface area contributed by atoms with Crippen LogP contribution in [0.15, 0.2) is 30.3 Å². The van der Waals surface area contributed by atoms with E-state index >= 15 is 0 Å². The Morgan fingerprint density at radius 3 is 2.63 bits per heavy atom. The van der Waals surface area contributed by atoms with Gasteiger partial charge in [-0.1, -0.05) is 30.3 Å². The molecule has 0 spiro atoms. The molecule has 1 N–H and O–H groups in total. The van der Waals surface area contributed by atoms with Gasteiger partial charge in [0.15, 0.2) is 4.77 Å². The first-order chi connectivity index (χ1) is 14.6. The van der Waals surface area contributed by atoms with Crippen LogP contribution in [-0.2, 0) is 6.42 Å². The molecule has 8 heteroatoms. The van der Waals surface area contributed by atoms with Crippen LogP contribution in [0.5, 0.6) is 0 Å². The predicted octanol–water partition coefficient (Wildman–Crippen LogP) is 4.65. The summed E-state index contributed by atoms with van der Waals surface area (Å²) in [6.45, 7) is 3.44. The summed E-state index contributed by atoms with van der Waals surface area (Å²) in [5.74, 6) is 1.55. The number of carbonyl (C=O) groups excluding carboxylic acids is 1. The molecule has 2 aromatic heterocycles. The first-order valence-corrected chi connectivity index (χ1v) is 11.8. The topological polar surface area (TPSA) is 66.8 Å². The molecule has 1 amide bonds. The zero-order chi connectivity index (χ0) is 20.7. The quantitative estimate of drug-likeness (QED) is 0.588. The van der Waals surface area contributed by atoms with Gasteiger partial charge in [0.25, 0.3) is 5.91 Å². The van der Waals surface area contributed by atoms with Crippen molar-refractivity contribution in [3.63, 3.8) is 0 Å². The summed E-state index contributed by atoms with van der Waals surface area (Å²) in [6, 6.07) is 10.8. The highest BCUT2D eigenvalue weighted by molar-refractivity contribution is 7.71.